The third-order valence-electron chi connectivity index (χ3n) is 6.03. The zero-order chi connectivity index (χ0) is 22.5. The molecule has 1 atom stereocenters. The standard InChI is InChI=1S/C26H24N2O4/c1-26(2)13-19-23(20(29)14-26)24(28-18-9-4-3-8-17(18)27-19)22-11-10-21(32-22)15-6-5-7-16(12-15)25(30)31/h3-12,24,27-28H,13-14H2,1-2H3,(H,30,31)/t24-/m1/s1. The molecule has 0 saturated carbocycles. The summed E-state index contributed by atoms with van der Waals surface area (Å²) in [5.41, 5.74) is 4.17. The molecule has 0 radical (unpaired) electrons. The van der Waals surface area contributed by atoms with E-state index in [1.165, 1.54) is 0 Å². The summed E-state index contributed by atoms with van der Waals surface area (Å²) in [6, 6.07) is 17.7. The Bertz CT molecular complexity index is 1270. The van der Waals surface area contributed by atoms with Gasteiger partial charge in [0.15, 0.2) is 5.78 Å². The summed E-state index contributed by atoms with van der Waals surface area (Å²) in [5.74, 6) is 0.276. The number of carbonyl (C=O) groups is 2. The largest absolute Gasteiger partial charge is 0.478 e. The number of carboxylic acid groups (broad SMARTS) is 1. The van der Waals surface area contributed by atoms with Crippen molar-refractivity contribution in [2.24, 2.45) is 5.41 Å². The minimum atomic E-state index is -0.989. The van der Waals surface area contributed by atoms with Gasteiger partial charge in [-0.3, -0.25) is 4.79 Å². The summed E-state index contributed by atoms with van der Waals surface area (Å²) in [6.07, 6.45) is 1.23. The maximum atomic E-state index is 13.3. The van der Waals surface area contributed by atoms with Crippen molar-refractivity contribution < 1.29 is 19.1 Å². The molecule has 0 fully saturated rings. The predicted octanol–water partition coefficient (Wildman–Crippen LogP) is 5.87. The van der Waals surface area contributed by atoms with Gasteiger partial charge in [-0.1, -0.05) is 38.1 Å². The Morgan fingerprint density at radius 3 is 2.59 bits per heavy atom. The second-order valence-corrected chi connectivity index (χ2v) is 9.17. The second-order valence-electron chi connectivity index (χ2n) is 9.17. The number of Topliss-reactive ketones (excluding diaryl/α,β-unsaturated/α-hetero) is 1. The number of benzene rings is 2. The molecule has 0 spiro atoms. The van der Waals surface area contributed by atoms with Crippen LogP contribution in [-0.2, 0) is 4.79 Å². The van der Waals surface area contributed by atoms with Gasteiger partial charge in [0.05, 0.1) is 16.9 Å². The maximum absolute atomic E-state index is 13.3. The fourth-order valence-corrected chi connectivity index (χ4v) is 4.57. The lowest BCUT2D eigenvalue weighted by Crippen LogP contribution is -2.31. The monoisotopic (exact) mass is 428 g/mol. The quantitative estimate of drug-likeness (QED) is 0.483. The number of hydrogen-bond acceptors (Lipinski definition) is 5. The van der Waals surface area contributed by atoms with E-state index in [0.717, 1.165) is 23.5 Å². The first-order chi connectivity index (χ1) is 15.3. The van der Waals surface area contributed by atoms with Crippen molar-refractivity contribution in [3.05, 3.63) is 83.3 Å². The zero-order valence-electron chi connectivity index (χ0n) is 17.9. The number of aromatic carboxylic acids is 1. The number of allylic oxidation sites excluding steroid dienone is 1. The van der Waals surface area contributed by atoms with E-state index in [4.69, 9.17) is 4.42 Å². The van der Waals surface area contributed by atoms with Gasteiger partial charge in [0.2, 0.25) is 0 Å². The molecule has 1 aliphatic carbocycles. The van der Waals surface area contributed by atoms with Crippen molar-refractivity contribution >= 4 is 23.1 Å². The van der Waals surface area contributed by atoms with E-state index in [-0.39, 0.29) is 16.8 Å². The van der Waals surface area contributed by atoms with Crippen LogP contribution in [0.4, 0.5) is 11.4 Å². The Morgan fingerprint density at radius 2 is 1.81 bits per heavy atom. The summed E-state index contributed by atoms with van der Waals surface area (Å²) in [4.78, 5) is 24.6. The molecule has 1 aromatic heterocycles. The van der Waals surface area contributed by atoms with Gasteiger partial charge in [-0.2, -0.15) is 0 Å². The SMILES string of the molecule is CC1(C)CC(=O)C2=C(C1)Nc1ccccc1N[C@@H]2c1ccc(-c2cccc(C(=O)O)c2)o1. The molecule has 1 aliphatic heterocycles. The Morgan fingerprint density at radius 1 is 1.03 bits per heavy atom. The van der Waals surface area contributed by atoms with Crippen molar-refractivity contribution in [1.29, 1.82) is 0 Å². The number of carbonyl (C=O) groups excluding carboxylic acids is 1. The van der Waals surface area contributed by atoms with Gasteiger partial charge < -0.3 is 20.2 Å². The fourth-order valence-electron chi connectivity index (χ4n) is 4.57. The topological polar surface area (TPSA) is 91.6 Å². The Balaban J connectivity index is 1.60. The van der Waals surface area contributed by atoms with Crippen LogP contribution >= 0.6 is 0 Å². The summed E-state index contributed by atoms with van der Waals surface area (Å²) in [6.45, 7) is 4.21. The van der Waals surface area contributed by atoms with Gasteiger partial charge >= 0.3 is 5.97 Å². The Hall–Kier alpha value is -3.80. The zero-order valence-corrected chi connectivity index (χ0v) is 17.9. The molecular weight excluding hydrogens is 404 g/mol. The van der Waals surface area contributed by atoms with Crippen LogP contribution in [0, 0.1) is 5.41 Å². The third-order valence-corrected chi connectivity index (χ3v) is 6.03. The summed E-state index contributed by atoms with van der Waals surface area (Å²) in [7, 11) is 0. The van der Waals surface area contributed by atoms with Gasteiger partial charge in [0.25, 0.3) is 0 Å². The van der Waals surface area contributed by atoms with Crippen LogP contribution in [0.3, 0.4) is 0 Å². The van der Waals surface area contributed by atoms with E-state index in [0.29, 0.717) is 29.1 Å². The molecule has 2 heterocycles. The number of rotatable bonds is 3. The van der Waals surface area contributed by atoms with Crippen molar-refractivity contribution in [3.63, 3.8) is 0 Å². The molecule has 6 heteroatoms. The molecule has 0 unspecified atom stereocenters. The van der Waals surface area contributed by atoms with Gasteiger partial charge in [-0.25, -0.2) is 4.79 Å². The minimum Gasteiger partial charge on any atom is -0.478 e. The molecule has 2 aliphatic rings. The number of nitrogens with one attached hydrogen (secondary N) is 2. The molecule has 0 bridgehead atoms. The van der Waals surface area contributed by atoms with Crippen LogP contribution in [-0.4, -0.2) is 16.9 Å². The molecule has 2 aromatic carbocycles. The number of anilines is 2. The van der Waals surface area contributed by atoms with E-state index >= 15 is 0 Å². The molecule has 3 N–H and O–H groups in total. The van der Waals surface area contributed by atoms with Gasteiger partial charge in [-0.05, 0) is 48.2 Å². The predicted molar refractivity (Wildman–Crippen MR) is 123 cm³/mol. The average molecular weight is 428 g/mol. The van der Waals surface area contributed by atoms with Crippen molar-refractivity contribution in [2.75, 3.05) is 10.6 Å². The van der Waals surface area contributed by atoms with Gasteiger partial charge in [-0.15, -0.1) is 0 Å². The summed E-state index contributed by atoms with van der Waals surface area (Å²) in [5, 5.41) is 16.3. The van der Waals surface area contributed by atoms with Crippen molar-refractivity contribution in [1.82, 2.24) is 0 Å². The molecule has 6 nitrogen and oxygen atoms in total. The molecule has 32 heavy (non-hydrogen) atoms. The number of ketones is 1. The van der Waals surface area contributed by atoms with E-state index < -0.39 is 12.0 Å². The smallest absolute Gasteiger partial charge is 0.335 e. The first-order valence-corrected chi connectivity index (χ1v) is 10.6. The first kappa shape index (κ1) is 20.1. The number of para-hydroxylation sites is 2. The molecule has 0 amide bonds. The van der Waals surface area contributed by atoms with Crippen molar-refractivity contribution in [3.8, 4) is 11.3 Å². The first-order valence-electron chi connectivity index (χ1n) is 10.6. The third kappa shape index (κ3) is 3.58. The van der Waals surface area contributed by atoms with Crippen LogP contribution in [0.1, 0.15) is 48.8 Å². The Kier molecular flexibility index (Phi) is 4.66. The number of furan rings is 1. The lowest BCUT2D eigenvalue weighted by molar-refractivity contribution is -0.118. The summed E-state index contributed by atoms with van der Waals surface area (Å²) >= 11 is 0. The average Bonchev–Trinajstić information content (AvgIpc) is 3.17. The van der Waals surface area contributed by atoms with Gasteiger partial charge in [0.1, 0.15) is 17.6 Å². The van der Waals surface area contributed by atoms with Crippen LogP contribution in [0.25, 0.3) is 11.3 Å². The van der Waals surface area contributed by atoms with E-state index in [1.807, 2.05) is 42.5 Å². The fraction of sp³-hybridized carbons (Fsp3) is 0.231. The van der Waals surface area contributed by atoms with Crippen LogP contribution in [0.5, 0.6) is 0 Å². The Labute approximate surface area is 186 Å². The van der Waals surface area contributed by atoms with Crippen LogP contribution < -0.4 is 10.6 Å². The number of carboxylic acids is 1. The van der Waals surface area contributed by atoms with E-state index in [2.05, 4.69) is 24.5 Å². The molecular formula is C26H24N2O4. The molecule has 162 valence electrons. The number of fused-ring (bicyclic) bond motifs is 1. The highest BCUT2D eigenvalue weighted by Gasteiger charge is 2.39. The second kappa shape index (κ2) is 7.41. The molecule has 3 aromatic rings. The lowest BCUT2D eigenvalue weighted by atomic mass is 9.74. The highest BCUT2D eigenvalue weighted by molar-refractivity contribution is 6.01. The number of hydrogen-bond donors (Lipinski definition) is 3. The minimum absolute atomic E-state index is 0.0971. The van der Waals surface area contributed by atoms with Crippen LogP contribution in [0.15, 0.2) is 76.4 Å². The maximum Gasteiger partial charge on any atom is 0.335 e. The highest BCUT2D eigenvalue weighted by atomic mass is 16.4. The molecule has 5 rings (SSSR count). The van der Waals surface area contributed by atoms with E-state index in [9.17, 15) is 14.7 Å². The normalized spacial score (nSPS) is 19.3. The van der Waals surface area contributed by atoms with Crippen molar-refractivity contribution in [2.45, 2.75) is 32.7 Å². The van der Waals surface area contributed by atoms with E-state index in [1.54, 1.807) is 18.2 Å². The van der Waals surface area contributed by atoms with Gasteiger partial charge in [0, 0.05) is 23.3 Å². The highest BCUT2D eigenvalue weighted by Crippen LogP contribution is 2.46. The molecule has 0 saturated heterocycles. The summed E-state index contributed by atoms with van der Waals surface area (Å²) < 4.78 is 6.19. The lowest BCUT2D eigenvalue weighted by Gasteiger charge is -2.33. The van der Waals surface area contributed by atoms with Crippen LogP contribution in [0.2, 0.25) is 0 Å².